The molecule has 1 N–H and O–H groups in total. The Balaban J connectivity index is 1.75. The van der Waals surface area contributed by atoms with Gasteiger partial charge in [-0.05, 0) is 53.9 Å². The Morgan fingerprint density at radius 2 is 2.08 bits per heavy atom. The highest BCUT2D eigenvalue weighted by Crippen LogP contribution is 2.38. The van der Waals surface area contributed by atoms with Crippen LogP contribution in [0.15, 0.2) is 22.7 Å². The van der Waals surface area contributed by atoms with Crippen molar-refractivity contribution in [1.82, 2.24) is 4.90 Å². The molecular weight excluding hydrogens is 370 g/mol. The second-order valence-electron chi connectivity index (χ2n) is 8.11. The molecule has 0 bridgehead atoms. The lowest BCUT2D eigenvalue weighted by molar-refractivity contribution is -0.0491. The standard InChI is InChI=1S/C19H26BrNO3/c1-19(2,3)17-10-12(6-7-21(17)18(22)23)16-9-14-8-15(20)5-4-13(14)11-24-16/h4-5,8,12,16-17H,6-7,9-11H2,1-3H3,(H,22,23). The van der Waals surface area contributed by atoms with Crippen LogP contribution in [0.3, 0.4) is 0 Å². The summed E-state index contributed by atoms with van der Waals surface area (Å²) in [7, 11) is 0. The smallest absolute Gasteiger partial charge is 0.407 e. The number of carbonyl (C=O) groups is 1. The number of carboxylic acid groups (broad SMARTS) is 1. The highest BCUT2D eigenvalue weighted by Gasteiger charge is 2.41. The maximum atomic E-state index is 11.6. The number of piperidine rings is 1. The fraction of sp³-hybridized carbons (Fsp3) is 0.632. The number of likely N-dealkylation sites (tertiary alicyclic amines) is 1. The average molecular weight is 396 g/mol. The van der Waals surface area contributed by atoms with Gasteiger partial charge in [-0.2, -0.15) is 0 Å². The number of benzene rings is 1. The molecular formula is C19H26BrNO3. The minimum absolute atomic E-state index is 0.0428. The Hall–Kier alpha value is -1.07. The highest BCUT2D eigenvalue weighted by atomic mass is 79.9. The topological polar surface area (TPSA) is 49.8 Å². The molecule has 1 aromatic rings. The molecule has 0 aliphatic carbocycles. The first kappa shape index (κ1) is 17.7. The Morgan fingerprint density at radius 3 is 2.75 bits per heavy atom. The Bertz CT molecular complexity index is 626. The van der Waals surface area contributed by atoms with Crippen LogP contribution in [0.5, 0.6) is 0 Å². The van der Waals surface area contributed by atoms with Crippen LogP contribution in [0.4, 0.5) is 4.79 Å². The first-order chi connectivity index (χ1) is 11.3. The molecule has 0 radical (unpaired) electrons. The van der Waals surface area contributed by atoms with Crippen LogP contribution < -0.4 is 0 Å². The van der Waals surface area contributed by atoms with Crippen molar-refractivity contribution in [3.8, 4) is 0 Å². The number of halogens is 1. The Morgan fingerprint density at radius 1 is 1.33 bits per heavy atom. The van der Waals surface area contributed by atoms with E-state index in [1.165, 1.54) is 11.1 Å². The molecule has 132 valence electrons. The van der Waals surface area contributed by atoms with Gasteiger partial charge in [0.1, 0.15) is 0 Å². The number of ether oxygens (including phenoxy) is 1. The molecule has 2 heterocycles. The molecule has 1 aromatic carbocycles. The van der Waals surface area contributed by atoms with Crippen LogP contribution in [0.25, 0.3) is 0 Å². The summed E-state index contributed by atoms with van der Waals surface area (Å²) in [5.41, 5.74) is 2.56. The van der Waals surface area contributed by atoms with Gasteiger partial charge in [-0.25, -0.2) is 4.79 Å². The van der Waals surface area contributed by atoms with E-state index in [1.807, 2.05) is 0 Å². The van der Waals surface area contributed by atoms with E-state index in [0.717, 1.165) is 23.7 Å². The zero-order valence-electron chi connectivity index (χ0n) is 14.6. The SMILES string of the molecule is CC(C)(C)C1CC(C2Cc3cc(Br)ccc3CO2)CCN1C(=O)O. The molecule has 2 aliphatic rings. The van der Waals surface area contributed by atoms with E-state index in [1.54, 1.807) is 4.90 Å². The lowest BCUT2D eigenvalue weighted by Crippen LogP contribution is -2.53. The summed E-state index contributed by atoms with van der Waals surface area (Å²) in [6.07, 6.45) is 2.07. The van der Waals surface area contributed by atoms with E-state index in [0.29, 0.717) is 19.1 Å². The van der Waals surface area contributed by atoms with Gasteiger partial charge in [-0.1, -0.05) is 42.8 Å². The number of amides is 1. The predicted molar refractivity (Wildman–Crippen MR) is 97.1 cm³/mol. The average Bonchev–Trinajstić information content (AvgIpc) is 2.52. The van der Waals surface area contributed by atoms with Crippen molar-refractivity contribution in [1.29, 1.82) is 0 Å². The summed E-state index contributed by atoms with van der Waals surface area (Å²) in [6, 6.07) is 6.42. The van der Waals surface area contributed by atoms with E-state index >= 15 is 0 Å². The fourth-order valence-corrected chi connectivity index (χ4v) is 4.49. The van der Waals surface area contributed by atoms with Crippen molar-refractivity contribution in [2.45, 2.75) is 58.8 Å². The minimum atomic E-state index is -0.799. The molecule has 2 aliphatic heterocycles. The van der Waals surface area contributed by atoms with Gasteiger partial charge in [0.25, 0.3) is 0 Å². The first-order valence-electron chi connectivity index (χ1n) is 8.64. The Labute approximate surface area is 152 Å². The Kier molecular flexibility index (Phi) is 4.94. The van der Waals surface area contributed by atoms with Gasteiger partial charge in [-0.3, -0.25) is 0 Å². The molecule has 1 amide bonds. The van der Waals surface area contributed by atoms with E-state index < -0.39 is 6.09 Å². The summed E-state index contributed by atoms with van der Waals surface area (Å²) in [4.78, 5) is 13.2. The van der Waals surface area contributed by atoms with Crippen molar-refractivity contribution in [3.05, 3.63) is 33.8 Å². The highest BCUT2D eigenvalue weighted by molar-refractivity contribution is 9.10. The molecule has 1 fully saturated rings. The third kappa shape index (κ3) is 3.62. The van der Waals surface area contributed by atoms with Gasteiger partial charge in [0.05, 0.1) is 12.7 Å². The molecule has 1 saturated heterocycles. The van der Waals surface area contributed by atoms with Crippen LogP contribution in [0.2, 0.25) is 0 Å². The zero-order chi connectivity index (χ0) is 17.5. The maximum absolute atomic E-state index is 11.6. The van der Waals surface area contributed by atoms with Crippen LogP contribution >= 0.6 is 15.9 Å². The van der Waals surface area contributed by atoms with Gasteiger partial charge in [0, 0.05) is 17.1 Å². The predicted octanol–water partition coefficient (Wildman–Crippen LogP) is 4.70. The summed E-state index contributed by atoms with van der Waals surface area (Å²) >= 11 is 3.55. The molecule has 0 saturated carbocycles. The molecule has 3 atom stereocenters. The van der Waals surface area contributed by atoms with Gasteiger partial charge < -0.3 is 14.7 Å². The molecule has 3 rings (SSSR count). The second-order valence-corrected chi connectivity index (χ2v) is 9.02. The molecule has 0 aromatic heterocycles. The quantitative estimate of drug-likeness (QED) is 0.749. The molecule has 0 spiro atoms. The first-order valence-corrected chi connectivity index (χ1v) is 9.43. The van der Waals surface area contributed by atoms with E-state index in [4.69, 9.17) is 4.74 Å². The fourth-order valence-electron chi connectivity index (χ4n) is 4.08. The third-order valence-electron chi connectivity index (χ3n) is 5.46. The minimum Gasteiger partial charge on any atom is -0.465 e. The van der Waals surface area contributed by atoms with Crippen molar-refractivity contribution in [3.63, 3.8) is 0 Å². The number of nitrogens with zero attached hydrogens (tertiary/aromatic N) is 1. The molecule has 3 unspecified atom stereocenters. The van der Waals surface area contributed by atoms with Crippen molar-refractivity contribution in [2.24, 2.45) is 11.3 Å². The van der Waals surface area contributed by atoms with Crippen LogP contribution in [0.1, 0.15) is 44.7 Å². The largest absolute Gasteiger partial charge is 0.465 e. The maximum Gasteiger partial charge on any atom is 0.407 e. The van der Waals surface area contributed by atoms with Crippen LogP contribution in [0, 0.1) is 11.3 Å². The number of hydrogen-bond donors (Lipinski definition) is 1. The summed E-state index contributed by atoms with van der Waals surface area (Å²) in [5, 5.41) is 9.52. The van der Waals surface area contributed by atoms with Crippen molar-refractivity contribution in [2.75, 3.05) is 6.54 Å². The lowest BCUT2D eigenvalue weighted by atomic mass is 9.74. The zero-order valence-corrected chi connectivity index (χ0v) is 16.2. The monoisotopic (exact) mass is 395 g/mol. The van der Waals surface area contributed by atoms with Crippen LogP contribution in [-0.2, 0) is 17.8 Å². The molecule has 24 heavy (non-hydrogen) atoms. The number of fused-ring (bicyclic) bond motifs is 1. The van der Waals surface area contributed by atoms with Crippen molar-refractivity contribution >= 4 is 22.0 Å². The van der Waals surface area contributed by atoms with E-state index in [2.05, 4.69) is 54.9 Å². The number of rotatable bonds is 1. The normalized spacial score (nSPS) is 27.7. The van der Waals surface area contributed by atoms with Gasteiger partial charge in [-0.15, -0.1) is 0 Å². The van der Waals surface area contributed by atoms with E-state index in [9.17, 15) is 9.90 Å². The third-order valence-corrected chi connectivity index (χ3v) is 5.95. The summed E-state index contributed by atoms with van der Waals surface area (Å²) in [6.45, 7) is 7.65. The van der Waals surface area contributed by atoms with Crippen LogP contribution in [-0.4, -0.2) is 34.8 Å². The van der Waals surface area contributed by atoms with Gasteiger partial charge in [0.15, 0.2) is 0 Å². The molecule has 5 heteroatoms. The van der Waals surface area contributed by atoms with Gasteiger partial charge in [0.2, 0.25) is 0 Å². The summed E-state index contributed by atoms with van der Waals surface area (Å²) in [5.74, 6) is 0.414. The second kappa shape index (κ2) is 6.68. The summed E-state index contributed by atoms with van der Waals surface area (Å²) < 4.78 is 7.27. The lowest BCUT2D eigenvalue weighted by Gasteiger charge is -2.46. The number of hydrogen-bond acceptors (Lipinski definition) is 2. The molecule has 4 nitrogen and oxygen atoms in total. The van der Waals surface area contributed by atoms with Gasteiger partial charge >= 0.3 is 6.09 Å². The van der Waals surface area contributed by atoms with Crippen molar-refractivity contribution < 1.29 is 14.6 Å². The van der Waals surface area contributed by atoms with E-state index in [-0.39, 0.29) is 17.6 Å².